The van der Waals surface area contributed by atoms with Crippen LogP contribution in [0.25, 0.3) is 0 Å². The Morgan fingerprint density at radius 1 is 1.00 bits per heavy atom. The van der Waals surface area contributed by atoms with Gasteiger partial charge in [0.1, 0.15) is 5.75 Å². The van der Waals surface area contributed by atoms with Gasteiger partial charge in [0, 0.05) is 51.9 Å². The number of hydrogen-bond acceptors (Lipinski definition) is 5. The smallest absolute Gasteiger partial charge is 0.119 e. The standard InChI is InChI=1S/C22H35N3O2/c1-2-9-25-11-10-24(19-21(25)6-1)18-20-5-3-7-22(17-20)27-14-4-8-23-12-15-26-16-13-23/h3,5,7,17,21H,1-2,4,6,8-16,18-19H2/t21-/m1/s1. The highest BCUT2D eigenvalue weighted by Crippen LogP contribution is 2.23. The Labute approximate surface area is 164 Å². The molecule has 5 heteroatoms. The molecule has 0 aliphatic carbocycles. The van der Waals surface area contributed by atoms with Crippen LogP contribution in [0.1, 0.15) is 31.2 Å². The number of piperazine rings is 1. The molecule has 1 atom stereocenters. The van der Waals surface area contributed by atoms with E-state index in [-0.39, 0.29) is 0 Å². The van der Waals surface area contributed by atoms with E-state index in [1.54, 1.807) is 0 Å². The van der Waals surface area contributed by atoms with Crippen molar-refractivity contribution in [1.82, 2.24) is 14.7 Å². The van der Waals surface area contributed by atoms with Crippen molar-refractivity contribution in [3.8, 4) is 5.75 Å². The summed E-state index contributed by atoms with van der Waals surface area (Å²) in [7, 11) is 0. The fourth-order valence-corrected chi connectivity index (χ4v) is 4.66. The molecule has 3 fully saturated rings. The summed E-state index contributed by atoms with van der Waals surface area (Å²) in [5.74, 6) is 1.02. The first-order valence-corrected chi connectivity index (χ1v) is 10.8. The van der Waals surface area contributed by atoms with Crippen LogP contribution in [0.4, 0.5) is 0 Å². The molecule has 3 saturated heterocycles. The van der Waals surface area contributed by atoms with E-state index < -0.39 is 0 Å². The van der Waals surface area contributed by atoms with E-state index in [0.29, 0.717) is 0 Å². The summed E-state index contributed by atoms with van der Waals surface area (Å²) in [5, 5.41) is 0. The molecule has 0 saturated carbocycles. The van der Waals surface area contributed by atoms with Crippen molar-refractivity contribution in [3.05, 3.63) is 29.8 Å². The van der Waals surface area contributed by atoms with Crippen molar-refractivity contribution in [2.45, 2.75) is 38.3 Å². The van der Waals surface area contributed by atoms with E-state index >= 15 is 0 Å². The fraction of sp³-hybridized carbons (Fsp3) is 0.727. The predicted octanol–water partition coefficient (Wildman–Crippen LogP) is 2.46. The van der Waals surface area contributed by atoms with Crippen LogP contribution in [0.2, 0.25) is 0 Å². The highest BCUT2D eigenvalue weighted by atomic mass is 16.5. The van der Waals surface area contributed by atoms with E-state index in [1.165, 1.54) is 51.0 Å². The Kier molecular flexibility index (Phi) is 7.02. The zero-order valence-corrected chi connectivity index (χ0v) is 16.7. The molecule has 0 unspecified atom stereocenters. The quantitative estimate of drug-likeness (QED) is 0.685. The van der Waals surface area contributed by atoms with Crippen LogP contribution >= 0.6 is 0 Å². The van der Waals surface area contributed by atoms with Gasteiger partial charge >= 0.3 is 0 Å². The van der Waals surface area contributed by atoms with Gasteiger partial charge in [-0.2, -0.15) is 0 Å². The van der Waals surface area contributed by atoms with Gasteiger partial charge in [-0.25, -0.2) is 0 Å². The molecule has 0 spiro atoms. The number of hydrogen-bond donors (Lipinski definition) is 0. The topological polar surface area (TPSA) is 28.2 Å². The minimum Gasteiger partial charge on any atom is -0.494 e. The summed E-state index contributed by atoms with van der Waals surface area (Å²) in [6.07, 6.45) is 5.25. The summed E-state index contributed by atoms with van der Waals surface area (Å²) in [5.41, 5.74) is 1.38. The van der Waals surface area contributed by atoms with Crippen LogP contribution < -0.4 is 4.74 Å². The van der Waals surface area contributed by atoms with Crippen LogP contribution in [0.15, 0.2) is 24.3 Å². The second-order valence-corrected chi connectivity index (χ2v) is 8.22. The second-order valence-electron chi connectivity index (χ2n) is 8.22. The highest BCUT2D eigenvalue weighted by molar-refractivity contribution is 5.28. The van der Waals surface area contributed by atoms with Crippen LogP contribution in [-0.4, -0.2) is 86.4 Å². The van der Waals surface area contributed by atoms with Crippen molar-refractivity contribution >= 4 is 0 Å². The lowest BCUT2D eigenvalue weighted by Crippen LogP contribution is -2.54. The lowest BCUT2D eigenvalue weighted by atomic mass is 9.99. The molecular weight excluding hydrogens is 338 g/mol. The Morgan fingerprint density at radius 3 is 2.85 bits per heavy atom. The summed E-state index contributed by atoms with van der Waals surface area (Å²) < 4.78 is 11.4. The zero-order chi connectivity index (χ0) is 18.3. The summed E-state index contributed by atoms with van der Waals surface area (Å²) in [6.45, 7) is 11.8. The molecule has 3 aliphatic heterocycles. The maximum atomic E-state index is 6.03. The van der Waals surface area contributed by atoms with Gasteiger partial charge in [-0.15, -0.1) is 0 Å². The number of rotatable bonds is 7. The fourth-order valence-electron chi connectivity index (χ4n) is 4.66. The van der Waals surface area contributed by atoms with Crippen LogP contribution in [0, 0.1) is 0 Å². The summed E-state index contributed by atoms with van der Waals surface area (Å²) in [6, 6.07) is 9.50. The molecule has 1 aromatic carbocycles. The summed E-state index contributed by atoms with van der Waals surface area (Å²) in [4.78, 5) is 7.80. The number of fused-ring (bicyclic) bond motifs is 1. The lowest BCUT2D eigenvalue weighted by Gasteiger charge is -2.44. The molecule has 3 aliphatic rings. The Morgan fingerprint density at radius 2 is 1.93 bits per heavy atom. The second kappa shape index (κ2) is 9.87. The van der Waals surface area contributed by atoms with Gasteiger partial charge in [-0.3, -0.25) is 14.7 Å². The largest absolute Gasteiger partial charge is 0.494 e. The molecule has 0 N–H and O–H groups in total. The molecule has 0 aromatic heterocycles. The maximum Gasteiger partial charge on any atom is 0.119 e. The van der Waals surface area contributed by atoms with E-state index in [1.807, 2.05) is 0 Å². The third-order valence-electron chi connectivity index (χ3n) is 6.22. The summed E-state index contributed by atoms with van der Waals surface area (Å²) >= 11 is 0. The van der Waals surface area contributed by atoms with Gasteiger partial charge in [0.15, 0.2) is 0 Å². The molecule has 3 heterocycles. The van der Waals surface area contributed by atoms with Crippen molar-refractivity contribution in [3.63, 3.8) is 0 Å². The van der Waals surface area contributed by atoms with Gasteiger partial charge in [-0.05, 0) is 43.5 Å². The third-order valence-corrected chi connectivity index (χ3v) is 6.22. The first-order valence-electron chi connectivity index (χ1n) is 10.8. The van der Waals surface area contributed by atoms with Gasteiger partial charge in [0.25, 0.3) is 0 Å². The molecule has 0 amide bonds. The Hall–Kier alpha value is -1.14. The van der Waals surface area contributed by atoms with E-state index in [2.05, 4.69) is 39.0 Å². The molecule has 27 heavy (non-hydrogen) atoms. The molecule has 5 nitrogen and oxygen atoms in total. The average molecular weight is 374 g/mol. The van der Waals surface area contributed by atoms with Crippen molar-refractivity contribution in [1.29, 1.82) is 0 Å². The average Bonchev–Trinajstić information content (AvgIpc) is 2.72. The van der Waals surface area contributed by atoms with Gasteiger partial charge in [-0.1, -0.05) is 18.6 Å². The van der Waals surface area contributed by atoms with Gasteiger partial charge < -0.3 is 9.47 Å². The first-order chi connectivity index (χ1) is 13.4. The van der Waals surface area contributed by atoms with Crippen molar-refractivity contribution in [2.75, 3.05) is 65.6 Å². The number of ether oxygens (including phenoxy) is 2. The van der Waals surface area contributed by atoms with Crippen molar-refractivity contribution < 1.29 is 9.47 Å². The first kappa shape index (κ1) is 19.2. The van der Waals surface area contributed by atoms with Crippen LogP contribution in [0.5, 0.6) is 5.75 Å². The van der Waals surface area contributed by atoms with E-state index in [4.69, 9.17) is 9.47 Å². The number of benzene rings is 1. The zero-order valence-electron chi connectivity index (χ0n) is 16.7. The van der Waals surface area contributed by atoms with Gasteiger partial charge in [0.2, 0.25) is 0 Å². The number of morpholine rings is 1. The Bertz CT molecular complexity index is 576. The van der Waals surface area contributed by atoms with E-state index in [9.17, 15) is 0 Å². The third kappa shape index (κ3) is 5.67. The molecule has 1 aromatic rings. The normalized spacial score (nSPS) is 25.3. The highest BCUT2D eigenvalue weighted by Gasteiger charge is 2.28. The molecule has 0 bridgehead atoms. The molecule has 4 rings (SSSR count). The minimum atomic E-state index is 0.784. The molecule has 0 radical (unpaired) electrons. The number of nitrogens with zero attached hydrogens (tertiary/aromatic N) is 3. The van der Waals surface area contributed by atoms with E-state index in [0.717, 1.165) is 64.2 Å². The molecular formula is C22H35N3O2. The monoisotopic (exact) mass is 373 g/mol. The van der Waals surface area contributed by atoms with Crippen LogP contribution in [0.3, 0.4) is 0 Å². The maximum absolute atomic E-state index is 6.03. The van der Waals surface area contributed by atoms with Gasteiger partial charge in [0.05, 0.1) is 19.8 Å². The van der Waals surface area contributed by atoms with Crippen LogP contribution in [-0.2, 0) is 11.3 Å². The number of piperidine rings is 1. The lowest BCUT2D eigenvalue weighted by molar-refractivity contribution is 0.0358. The minimum absolute atomic E-state index is 0.784. The SMILES string of the molecule is c1cc(CN2CCN3CCCC[C@@H]3C2)cc(OCCCN2CCOCC2)c1. The predicted molar refractivity (Wildman–Crippen MR) is 108 cm³/mol. The van der Waals surface area contributed by atoms with Crippen molar-refractivity contribution in [2.24, 2.45) is 0 Å². The Balaban J connectivity index is 1.20. The molecule has 150 valence electrons.